The van der Waals surface area contributed by atoms with Gasteiger partial charge >= 0.3 is 0 Å². The molecular weight excluding hydrogens is 354 g/mol. The van der Waals surface area contributed by atoms with E-state index in [1.165, 1.54) is 17.1 Å². The van der Waals surface area contributed by atoms with E-state index < -0.39 is 0 Å². The van der Waals surface area contributed by atoms with E-state index in [0.29, 0.717) is 16.1 Å². The molecule has 1 fully saturated rings. The molecule has 0 saturated heterocycles. The van der Waals surface area contributed by atoms with Crippen molar-refractivity contribution in [2.75, 3.05) is 0 Å². The number of carbonyl (C=O) groups is 1. The van der Waals surface area contributed by atoms with E-state index in [0.717, 1.165) is 31.4 Å². The first kappa shape index (κ1) is 16.8. The molecule has 8 heteroatoms. The summed E-state index contributed by atoms with van der Waals surface area (Å²) in [7, 11) is 0. The summed E-state index contributed by atoms with van der Waals surface area (Å²) in [4.78, 5) is 29.2. The van der Waals surface area contributed by atoms with Crippen LogP contribution in [0.1, 0.15) is 25.7 Å². The summed E-state index contributed by atoms with van der Waals surface area (Å²) in [6.45, 7) is -0.0411. The number of fused-ring (bicyclic) bond motifs is 1. The van der Waals surface area contributed by atoms with Gasteiger partial charge in [-0.25, -0.2) is 9.67 Å². The molecule has 2 heterocycles. The predicted octanol–water partition coefficient (Wildman–Crippen LogP) is 2.29. The third kappa shape index (κ3) is 3.22. The number of carbonyl (C=O) groups excluding carboxylic acids is 1. The third-order valence-corrected chi connectivity index (χ3v) is 4.88. The molecule has 1 amide bonds. The number of rotatable bonds is 4. The average molecular weight is 372 g/mol. The molecule has 0 atom stereocenters. The summed E-state index contributed by atoms with van der Waals surface area (Å²) < 4.78 is 2.88. The fourth-order valence-corrected chi connectivity index (χ4v) is 3.54. The van der Waals surface area contributed by atoms with Crippen LogP contribution in [-0.2, 0) is 11.3 Å². The van der Waals surface area contributed by atoms with Crippen LogP contribution in [0.3, 0.4) is 0 Å². The Bertz CT molecular complexity index is 1020. The first-order valence-electron chi connectivity index (χ1n) is 8.60. The molecule has 1 saturated carbocycles. The predicted molar refractivity (Wildman–Crippen MR) is 98.5 cm³/mol. The summed E-state index contributed by atoms with van der Waals surface area (Å²) in [6.07, 6.45) is 7.15. The van der Waals surface area contributed by atoms with Crippen molar-refractivity contribution in [3.05, 3.63) is 52.2 Å². The first-order valence-corrected chi connectivity index (χ1v) is 8.98. The summed E-state index contributed by atoms with van der Waals surface area (Å²) in [5, 5.41) is 8.17. The molecule has 7 nitrogen and oxygen atoms in total. The van der Waals surface area contributed by atoms with Crippen molar-refractivity contribution >= 4 is 28.5 Å². The standard InChI is InChI=1S/C18H18ClN5O2/c19-12-4-3-7-14(8-12)24-17-15(9-21-24)18(26)23(11-20-17)10-16(25)22-13-5-1-2-6-13/h3-4,7-9,11,13H,1-2,5-6,10H2,(H,22,25). The molecule has 1 N–H and O–H groups in total. The van der Waals surface area contributed by atoms with Crippen molar-refractivity contribution in [2.24, 2.45) is 0 Å². The summed E-state index contributed by atoms with van der Waals surface area (Å²) >= 11 is 6.02. The second-order valence-corrected chi connectivity index (χ2v) is 6.94. The zero-order valence-electron chi connectivity index (χ0n) is 14.1. The van der Waals surface area contributed by atoms with Gasteiger partial charge in [0.1, 0.15) is 18.3 Å². The minimum absolute atomic E-state index is 0.0411. The van der Waals surface area contributed by atoms with Crippen LogP contribution >= 0.6 is 11.6 Å². The smallest absolute Gasteiger partial charge is 0.264 e. The lowest BCUT2D eigenvalue weighted by atomic mass is 10.2. The Morgan fingerprint density at radius 2 is 2.12 bits per heavy atom. The Morgan fingerprint density at radius 1 is 1.31 bits per heavy atom. The lowest BCUT2D eigenvalue weighted by molar-refractivity contribution is -0.122. The number of hydrogen-bond donors (Lipinski definition) is 1. The van der Waals surface area contributed by atoms with Gasteiger partial charge in [-0.15, -0.1) is 0 Å². The molecule has 1 aliphatic carbocycles. The second-order valence-electron chi connectivity index (χ2n) is 6.50. The SMILES string of the molecule is O=C(Cn1cnc2c(cnn2-c2cccc(Cl)c2)c1=O)NC1CCCC1. The summed E-state index contributed by atoms with van der Waals surface area (Å²) in [6, 6.07) is 7.37. The molecule has 0 spiro atoms. The maximum atomic E-state index is 12.7. The molecule has 0 radical (unpaired) electrons. The maximum Gasteiger partial charge on any atom is 0.264 e. The van der Waals surface area contributed by atoms with Crippen molar-refractivity contribution in [3.63, 3.8) is 0 Å². The van der Waals surface area contributed by atoms with E-state index in [9.17, 15) is 9.59 Å². The molecular formula is C18H18ClN5O2. The van der Waals surface area contributed by atoms with Gasteiger partial charge in [0.15, 0.2) is 5.65 Å². The van der Waals surface area contributed by atoms with Crippen LogP contribution in [-0.4, -0.2) is 31.3 Å². The molecule has 1 aliphatic rings. The van der Waals surface area contributed by atoms with Gasteiger partial charge in [-0.05, 0) is 31.0 Å². The van der Waals surface area contributed by atoms with E-state index >= 15 is 0 Å². The number of amides is 1. The molecule has 0 bridgehead atoms. The molecule has 134 valence electrons. The highest BCUT2D eigenvalue weighted by Crippen LogP contribution is 2.18. The molecule has 0 aliphatic heterocycles. The quantitative estimate of drug-likeness (QED) is 0.762. The van der Waals surface area contributed by atoms with Gasteiger partial charge < -0.3 is 5.32 Å². The highest BCUT2D eigenvalue weighted by Gasteiger charge is 2.18. The number of nitrogens with zero attached hydrogens (tertiary/aromatic N) is 4. The average Bonchev–Trinajstić information content (AvgIpc) is 3.27. The molecule has 4 rings (SSSR count). The zero-order valence-corrected chi connectivity index (χ0v) is 14.8. The number of aromatic nitrogens is 4. The van der Waals surface area contributed by atoms with Crippen molar-refractivity contribution in [1.82, 2.24) is 24.6 Å². The van der Waals surface area contributed by atoms with Gasteiger partial charge in [-0.3, -0.25) is 14.2 Å². The third-order valence-electron chi connectivity index (χ3n) is 4.64. The minimum atomic E-state index is -0.287. The Kier molecular flexibility index (Phi) is 4.46. The Morgan fingerprint density at radius 3 is 2.88 bits per heavy atom. The minimum Gasteiger partial charge on any atom is -0.352 e. The van der Waals surface area contributed by atoms with Crippen molar-refractivity contribution in [1.29, 1.82) is 0 Å². The highest BCUT2D eigenvalue weighted by atomic mass is 35.5. The van der Waals surface area contributed by atoms with E-state index in [-0.39, 0.29) is 24.1 Å². The van der Waals surface area contributed by atoms with Crippen LogP contribution in [0.15, 0.2) is 41.6 Å². The first-order chi connectivity index (χ1) is 12.6. The van der Waals surface area contributed by atoms with Crippen molar-refractivity contribution in [3.8, 4) is 5.69 Å². The molecule has 3 aromatic rings. The van der Waals surface area contributed by atoms with Crippen LogP contribution in [0.2, 0.25) is 5.02 Å². The zero-order chi connectivity index (χ0) is 18.1. The van der Waals surface area contributed by atoms with Crippen LogP contribution in [0.5, 0.6) is 0 Å². The van der Waals surface area contributed by atoms with Gasteiger partial charge in [0.2, 0.25) is 5.91 Å². The Hall–Kier alpha value is -2.67. The lowest BCUT2D eigenvalue weighted by Crippen LogP contribution is -2.37. The van der Waals surface area contributed by atoms with Crippen LogP contribution in [0.4, 0.5) is 0 Å². The Labute approximate surface area is 154 Å². The monoisotopic (exact) mass is 371 g/mol. The van der Waals surface area contributed by atoms with E-state index in [4.69, 9.17) is 11.6 Å². The largest absolute Gasteiger partial charge is 0.352 e. The molecule has 0 unspecified atom stereocenters. The summed E-state index contributed by atoms with van der Waals surface area (Å²) in [5.74, 6) is -0.164. The Balaban J connectivity index is 1.61. The van der Waals surface area contributed by atoms with Gasteiger partial charge in [-0.1, -0.05) is 30.5 Å². The number of hydrogen-bond acceptors (Lipinski definition) is 4. The molecule has 2 aromatic heterocycles. The second kappa shape index (κ2) is 6.92. The highest BCUT2D eigenvalue weighted by molar-refractivity contribution is 6.30. The van der Waals surface area contributed by atoms with E-state index in [1.807, 2.05) is 6.07 Å². The van der Waals surface area contributed by atoms with Crippen molar-refractivity contribution < 1.29 is 4.79 Å². The van der Waals surface area contributed by atoms with Crippen LogP contribution < -0.4 is 10.9 Å². The maximum absolute atomic E-state index is 12.7. The summed E-state index contributed by atoms with van der Waals surface area (Å²) in [5.41, 5.74) is 0.866. The van der Waals surface area contributed by atoms with Gasteiger partial charge in [0, 0.05) is 11.1 Å². The van der Waals surface area contributed by atoms with E-state index in [2.05, 4.69) is 15.4 Å². The fraction of sp³-hybridized carbons (Fsp3) is 0.333. The molecule has 1 aromatic carbocycles. The van der Waals surface area contributed by atoms with Crippen LogP contribution in [0.25, 0.3) is 16.7 Å². The number of nitrogens with one attached hydrogen (secondary N) is 1. The number of benzene rings is 1. The van der Waals surface area contributed by atoms with Crippen molar-refractivity contribution in [2.45, 2.75) is 38.3 Å². The van der Waals surface area contributed by atoms with E-state index in [1.54, 1.807) is 22.9 Å². The van der Waals surface area contributed by atoms with Crippen LogP contribution in [0, 0.1) is 0 Å². The normalized spacial score (nSPS) is 14.8. The van der Waals surface area contributed by atoms with Gasteiger partial charge in [0.25, 0.3) is 5.56 Å². The topological polar surface area (TPSA) is 81.8 Å². The fourth-order valence-electron chi connectivity index (χ4n) is 3.36. The number of halogens is 1. The lowest BCUT2D eigenvalue weighted by Gasteiger charge is -2.12. The van der Waals surface area contributed by atoms with Gasteiger partial charge in [-0.2, -0.15) is 5.10 Å². The molecule has 26 heavy (non-hydrogen) atoms. The van der Waals surface area contributed by atoms with Gasteiger partial charge in [0.05, 0.1) is 11.9 Å².